The molecule has 2 amide bonds. The Labute approximate surface area is 151 Å². The minimum absolute atomic E-state index is 0.0136. The Morgan fingerprint density at radius 3 is 2.96 bits per heavy atom. The van der Waals surface area contributed by atoms with Gasteiger partial charge in [-0.3, -0.25) is 5.32 Å². The molecule has 0 radical (unpaired) electrons. The molecule has 0 bridgehead atoms. The number of hydrogen-bond acceptors (Lipinski definition) is 4. The lowest BCUT2D eigenvalue weighted by atomic mass is 10.1. The first-order chi connectivity index (χ1) is 12.1. The molecule has 2 aromatic rings. The highest BCUT2D eigenvalue weighted by atomic mass is 32.1. The summed E-state index contributed by atoms with van der Waals surface area (Å²) in [4.78, 5) is 14.7. The Balaban J connectivity index is 1.45. The summed E-state index contributed by atoms with van der Waals surface area (Å²) >= 11 is 1.65. The highest BCUT2D eigenvalue weighted by Gasteiger charge is 2.32. The first-order valence-electron chi connectivity index (χ1n) is 8.89. The van der Waals surface area contributed by atoms with Crippen molar-refractivity contribution in [1.29, 1.82) is 0 Å². The van der Waals surface area contributed by atoms with Crippen molar-refractivity contribution < 1.29 is 9.53 Å². The second-order valence-corrected chi connectivity index (χ2v) is 7.85. The summed E-state index contributed by atoms with van der Waals surface area (Å²) in [5, 5.41) is 11.6. The van der Waals surface area contributed by atoms with Gasteiger partial charge in [0.2, 0.25) is 0 Å². The van der Waals surface area contributed by atoms with E-state index in [1.807, 2.05) is 28.0 Å². The van der Waals surface area contributed by atoms with E-state index in [1.54, 1.807) is 17.5 Å². The van der Waals surface area contributed by atoms with Gasteiger partial charge in [-0.15, -0.1) is 0 Å². The molecular formula is C18H24N4O2S. The predicted molar refractivity (Wildman–Crippen MR) is 97.9 cm³/mol. The molecule has 3 unspecified atom stereocenters. The number of morpholine rings is 1. The van der Waals surface area contributed by atoms with Gasteiger partial charge in [0.25, 0.3) is 0 Å². The molecule has 1 N–H and O–H groups in total. The molecule has 4 rings (SSSR count). The Kier molecular flexibility index (Phi) is 4.52. The SMILES string of the molecule is CC1CN(C(=O)Nc2ccnn2C(C)C2CC2)CC(c2ccsc2)O1. The van der Waals surface area contributed by atoms with Gasteiger partial charge >= 0.3 is 6.03 Å². The normalized spacial score (nSPS) is 25.0. The molecule has 3 atom stereocenters. The summed E-state index contributed by atoms with van der Waals surface area (Å²) in [7, 11) is 0. The first kappa shape index (κ1) is 16.6. The van der Waals surface area contributed by atoms with E-state index in [2.05, 4.69) is 28.8 Å². The number of rotatable bonds is 4. The molecule has 1 saturated heterocycles. The van der Waals surface area contributed by atoms with Gasteiger partial charge in [0.15, 0.2) is 0 Å². The third-order valence-corrected chi connectivity index (χ3v) is 5.76. The lowest BCUT2D eigenvalue weighted by Crippen LogP contribution is -2.47. The van der Waals surface area contributed by atoms with Crippen LogP contribution in [-0.2, 0) is 4.74 Å². The zero-order chi connectivity index (χ0) is 17.4. The van der Waals surface area contributed by atoms with Crippen LogP contribution >= 0.6 is 11.3 Å². The van der Waals surface area contributed by atoms with Gasteiger partial charge in [0.1, 0.15) is 11.9 Å². The number of amides is 2. The molecule has 6 nitrogen and oxygen atoms in total. The van der Waals surface area contributed by atoms with E-state index < -0.39 is 0 Å². The maximum atomic E-state index is 12.8. The fraction of sp³-hybridized carbons (Fsp3) is 0.556. The standard InChI is InChI=1S/C18H24N4O2S/c1-12-9-21(10-16(24-12)15-6-8-25-11-15)18(23)20-17-5-7-19-22(17)13(2)14-3-4-14/h5-8,11-14,16H,3-4,9-10H2,1-2H3,(H,20,23). The molecule has 1 saturated carbocycles. The van der Waals surface area contributed by atoms with Crippen LogP contribution < -0.4 is 5.32 Å². The fourth-order valence-electron chi connectivity index (χ4n) is 3.46. The topological polar surface area (TPSA) is 59.4 Å². The number of carbonyl (C=O) groups is 1. The summed E-state index contributed by atoms with van der Waals surface area (Å²) in [5.41, 5.74) is 1.14. The van der Waals surface area contributed by atoms with Crippen molar-refractivity contribution in [1.82, 2.24) is 14.7 Å². The number of anilines is 1. The molecule has 3 heterocycles. The molecule has 1 aliphatic carbocycles. The Morgan fingerprint density at radius 1 is 1.40 bits per heavy atom. The monoisotopic (exact) mass is 360 g/mol. The van der Waals surface area contributed by atoms with E-state index in [0.717, 1.165) is 11.4 Å². The lowest BCUT2D eigenvalue weighted by molar-refractivity contribution is -0.0641. The molecule has 0 spiro atoms. The van der Waals surface area contributed by atoms with Crippen LogP contribution in [0.15, 0.2) is 29.1 Å². The van der Waals surface area contributed by atoms with Crippen molar-refractivity contribution in [2.24, 2.45) is 5.92 Å². The molecule has 2 aromatic heterocycles. The third kappa shape index (κ3) is 3.57. The quantitative estimate of drug-likeness (QED) is 0.899. The number of aromatic nitrogens is 2. The highest BCUT2D eigenvalue weighted by molar-refractivity contribution is 7.07. The van der Waals surface area contributed by atoms with Gasteiger partial charge in [-0.25, -0.2) is 9.48 Å². The van der Waals surface area contributed by atoms with Crippen molar-refractivity contribution in [3.8, 4) is 0 Å². The van der Waals surface area contributed by atoms with Gasteiger partial charge in [-0.1, -0.05) is 0 Å². The molecule has 7 heteroatoms. The molecular weight excluding hydrogens is 336 g/mol. The van der Waals surface area contributed by atoms with Crippen molar-refractivity contribution in [3.63, 3.8) is 0 Å². The van der Waals surface area contributed by atoms with E-state index in [0.29, 0.717) is 25.0 Å². The van der Waals surface area contributed by atoms with Crippen LogP contribution in [0.2, 0.25) is 0 Å². The molecule has 0 aromatic carbocycles. The summed E-state index contributed by atoms with van der Waals surface area (Å²) < 4.78 is 7.96. The van der Waals surface area contributed by atoms with E-state index in [9.17, 15) is 4.79 Å². The number of nitrogens with one attached hydrogen (secondary N) is 1. The maximum Gasteiger partial charge on any atom is 0.323 e. The molecule has 134 valence electrons. The zero-order valence-corrected chi connectivity index (χ0v) is 15.4. The minimum atomic E-state index is -0.0832. The Morgan fingerprint density at radius 2 is 2.24 bits per heavy atom. The first-order valence-corrected chi connectivity index (χ1v) is 9.83. The lowest BCUT2D eigenvalue weighted by Gasteiger charge is -2.36. The average molecular weight is 360 g/mol. The number of thiophene rings is 1. The van der Waals surface area contributed by atoms with Crippen LogP contribution in [0.5, 0.6) is 0 Å². The van der Waals surface area contributed by atoms with E-state index in [-0.39, 0.29) is 18.2 Å². The van der Waals surface area contributed by atoms with Gasteiger partial charge in [-0.2, -0.15) is 16.4 Å². The van der Waals surface area contributed by atoms with Gasteiger partial charge in [0, 0.05) is 12.6 Å². The smallest absolute Gasteiger partial charge is 0.323 e. The van der Waals surface area contributed by atoms with Gasteiger partial charge in [0.05, 0.1) is 24.9 Å². The number of urea groups is 1. The molecule has 2 aliphatic rings. The highest BCUT2D eigenvalue weighted by Crippen LogP contribution is 2.40. The number of ether oxygens (including phenoxy) is 1. The van der Waals surface area contributed by atoms with Gasteiger partial charge < -0.3 is 9.64 Å². The largest absolute Gasteiger partial charge is 0.367 e. The van der Waals surface area contributed by atoms with Crippen LogP contribution in [0.1, 0.15) is 44.4 Å². The zero-order valence-electron chi connectivity index (χ0n) is 14.6. The average Bonchev–Trinajstić information content (AvgIpc) is 3.10. The number of carbonyl (C=O) groups excluding carboxylic acids is 1. The number of nitrogens with zero attached hydrogens (tertiary/aromatic N) is 3. The van der Waals surface area contributed by atoms with Crippen molar-refractivity contribution in [2.45, 2.75) is 44.9 Å². The Hall–Kier alpha value is -1.86. The third-order valence-electron chi connectivity index (χ3n) is 5.06. The molecule has 25 heavy (non-hydrogen) atoms. The van der Waals surface area contributed by atoms with Crippen molar-refractivity contribution >= 4 is 23.2 Å². The van der Waals surface area contributed by atoms with E-state index in [4.69, 9.17) is 4.74 Å². The summed E-state index contributed by atoms with van der Waals surface area (Å²) in [6.07, 6.45) is 4.20. The fourth-order valence-corrected chi connectivity index (χ4v) is 4.17. The van der Waals surface area contributed by atoms with Crippen molar-refractivity contribution in [3.05, 3.63) is 34.7 Å². The second-order valence-electron chi connectivity index (χ2n) is 7.07. The Bertz CT molecular complexity index is 725. The van der Waals surface area contributed by atoms with Crippen molar-refractivity contribution in [2.75, 3.05) is 18.4 Å². The van der Waals surface area contributed by atoms with E-state index >= 15 is 0 Å². The second kappa shape index (κ2) is 6.80. The van der Waals surface area contributed by atoms with Crippen LogP contribution in [0.4, 0.5) is 10.6 Å². The summed E-state index contributed by atoms with van der Waals surface area (Å²) in [6.45, 7) is 5.35. The maximum absolute atomic E-state index is 12.8. The molecule has 2 fully saturated rings. The van der Waals surface area contributed by atoms with Crippen LogP contribution in [-0.4, -0.2) is 39.9 Å². The predicted octanol–water partition coefficient (Wildman–Crippen LogP) is 3.91. The minimum Gasteiger partial charge on any atom is -0.367 e. The summed E-state index contributed by atoms with van der Waals surface area (Å²) in [5.74, 6) is 1.46. The number of hydrogen-bond donors (Lipinski definition) is 1. The van der Waals surface area contributed by atoms with Crippen LogP contribution in [0.25, 0.3) is 0 Å². The van der Waals surface area contributed by atoms with Crippen LogP contribution in [0, 0.1) is 5.92 Å². The van der Waals surface area contributed by atoms with E-state index in [1.165, 1.54) is 12.8 Å². The van der Waals surface area contributed by atoms with Gasteiger partial charge in [-0.05, 0) is 55.0 Å². The van der Waals surface area contributed by atoms with Crippen LogP contribution in [0.3, 0.4) is 0 Å². The molecule has 1 aliphatic heterocycles. The summed E-state index contributed by atoms with van der Waals surface area (Å²) in [6, 6.07) is 4.18.